The number of carboxylic acid groups (broad SMARTS) is 1. The van der Waals surface area contributed by atoms with Gasteiger partial charge in [0, 0.05) is 11.6 Å². The molecule has 35 heavy (non-hydrogen) atoms. The van der Waals surface area contributed by atoms with Crippen LogP contribution < -0.4 is 10.2 Å². The number of carbonyl (C=O) groups is 1. The van der Waals surface area contributed by atoms with Crippen molar-refractivity contribution in [1.82, 2.24) is 0 Å². The van der Waals surface area contributed by atoms with Crippen molar-refractivity contribution in [1.29, 1.82) is 0 Å². The normalized spacial score (nSPS) is 24.4. The Balaban J connectivity index is 1.90. The number of rotatable bonds is 4. The van der Waals surface area contributed by atoms with E-state index < -0.39 is 93.3 Å². The zero-order valence-electron chi connectivity index (χ0n) is 17.3. The molecule has 1 fully saturated rings. The standard InChI is InChI=1S/C21H18O14/c22-6-2-1-5(3-7(6)23)16-13(28)11(26)10-8(24)4-9(25)17(18(10)33-16)34-21-15(30)12(27)14(29)19(35-21)20(31)32/h1-4,12,14-15,19,21-25,27-30H,(H,31,32)/t12?,14-,15-,19?,21+/m0/s1. The highest BCUT2D eigenvalue weighted by molar-refractivity contribution is 5.93. The molecule has 0 spiro atoms. The molecule has 1 aliphatic heterocycles. The van der Waals surface area contributed by atoms with E-state index in [0.717, 1.165) is 18.2 Å². The number of aromatic hydroxyl groups is 5. The summed E-state index contributed by atoms with van der Waals surface area (Å²) >= 11 is 0. The van der Waals surface area contributed by atoms with Crippen molar-refractivity contribution >= 4 is 16.9 Å². The average Bonchev–Trinajstić information content (AvgIpc) is 2.79. The molecule has 1 aromatic heterocycles. The van der Waals surface area contributed by atoms with E-state index in [4.69, 9.17) is 13.9 Å². The molecule has 14 nitrogen and oxygen atoms in total. The number of aliphatic hydroxyl groups is 3. The summed E-state index contributed by atoms with van der Waals surface area (Å²) < 4.78 is 15.8. The molecule has 2 aromatic carbocycles. The molecular weight excluding hydrogens is 476 g/mol. The van der Waals surface area contributed by atoms with Gasteiger partial charge in [0.05, 0.1) is 0 Å². The first kappa shape index (κ1) is 23.9. The van der Waals surface area contributed by atoms with Gasteiger partial charge in [0.2, 0.25) is 23.2 Å². The molecule has 2 unspecified atom stereocenters. The van der Waals surface area contributed by atoms with Crippen molar-refractivity contribution in [3.8, 4) is 45.8 Å². The Morgan fingerprint density at radius 1 is 0.857 bits per heavy atom. The summed E-state index contributed by atoms with van der Waals surface area (Å²) in [5.74, 6) is -6.97. The average molecular weight is 494 g/mol. The maximum absolute atomic E-state index is 12.8. The Bertz CT molecular complexity index is 1380. The number of carboxylic acids is 1. The number of phenols is 4. The number of hydrogen-bond acceptors (Lipinski definition) is 13. The number of aliphatic hydroxyl groups excluding tert-OH is 3. The summed E-state index contributed by atoms with van der Waals surface area (Å²) in [7, 11) is 0. The molecule has 2 heterocycles. The van der Waals surface area contributed by atoms with Crippen LogP contribution in [0.15, 0.2) is 33.5 Å². The van der Waals surface area contributed by atoms with E-state index in [-0.39, 0.29) is 5.56 Å². The van der Waals surface area contributed by atoms with Crippen LogP contribution in [0.1, 0.15) is 0 Å². The third-order valence-corrected chi connectivity index (χ3v) is 5.34. The molecule has 14 heteroatoms. The van der Waals surface area contributed by atoms with Crippen LogP contribution in [0.5, 0.6) is 34.5 Å². The summed E-state index contributed by atoms with van der Waals surface area (Å²) in [5.41, 5.74) is -2.03. The van der Waals surface area contributed by atoms with E-state index in [1.54, 1.807) is 0 Å². The van der Waals surface area contributed by atoms with Crippen LogP contribution in [-0.4, -0.2) is 82.6 Å². The number of phenolic OH excluding ortho intramolecular Hbond substituents is 4. The highest BCUT2D eigenvalue weighted by Gasteiger charge is 2.48. The summed E-state index contributed by atoms with van der Waals surface area (Å²) in [6.07, 6.45) is -10.2. The Morgan fingerprint density at radius 2 is 1.54 bits per heavy atom. The zero-order chi connectivity index (χ0) is 25.8. The minimum Gasteiger partial charge on any atom is -0.507 e. The molecule has 0 amide bonds. The van der Waals surface area contributed by atoms with Crippen LogP contribution in [0.25, 0.3) is 22.3 Å². The van der Waals surface area contributed by atoms with Gasteiger partial charge in [-0.05, 0) is 18.2 Å². The van der Waals surface area contributed by atoms with Gasteiger partial charge in [0.15, 0.2) is 34.7 Å². The molecule has 186 valence electrons. The molecular formula is C21H18O14. The first-order valence-electron chi connectivity index (χ1n) is 9.78. The van der Waals surface area contributed by atoms with Crippen molar-refractivity contribution in [2.24, 2.45) is 0 Å². The van der Waals surface area contributed by atoms with Gasteiger partial charge in [-0.1, -0.05) is 0 Å². The lowest BCUT2D eigenvalue weighted by atomic mass is 9.99. The molecule has 4 rings (SSSR count). The largest absolute Gasteiger partial charge is 0.507 e. The van der Waals surface area contributed by atoms with Gasteiger partial charge < -0.3 is 59.8 Å². The summed E-state index contributed by atoms with van der Waals surface area (Å²) in [6.45, 7) is 0. The lowest BCUT2D eigenvalue weighted by Crippen LogP contribution is -2.61. The summed E-state index contributed by atoms with van der Waals surface area (Å²) in [6, 6.07) is 3.75. The predicted molar refractivity (Wildman–Crippen MR) is 111 cm³/mol. The summed E-state index contributed by atoms with van der Waals surface area (Å²) in [4.78, 5) is 24.1. The number of benzene rings is 2. The van der Waals surface area contributed by atoms with Crippen LogP contribution in [-0.2, 0) is 9.53 Å². The third kappa shape index (κ3) is 3.89. The van der Waals surface area contributed by atoms with Gasteiger partial charge in [-0.3, -0.25) is 4.79 Å². The highest BCUT2D eigenvalue weighted by Crippen LogP contribution is 2.44. The van der Waals surface area contributed by atoms with E-state index in [9.17, 15) is 55.5 Å². The van der Waals surface area contributed by atoms with Crippen molar-refractivity contribution in [2.75, 3.05) is 0 Å². The molecule has 0 bridgehead atoms. The minimum atomic E-state index is -2.05. The first-order chi connectivity index (χ1) is 16.4. The molecule has 3 aromatic rings. The zero-order valence-corrected chi connectivity index (χ0v) is 17.3. The smallest absolute Gasteiger partial charge is 0.335 e. The molecule has 1 saturated heterocycles. The van der Waals surface area contributed by atoms with E-state index in [1.165, 1.54) is 0 Å². The number of aliphatic carboxylic acids is 1. The summed E-state index contributed by atoms with van der Waals surface area (Å²) in [5, 5.41) is 88.7. The highest BCUT2D eigenvalue weighted by atomic mass is 16.7. The van der Waals surface area contributed by atoms with Crippen molar-refractivity contribution in [3.63, 3.8) is 0 Å². The van der Waals surface area contributed by atoms with Gasteiger partial charge in [-0.25, -0.2) is 4.79 Å². The molecule has 9 N–H and O–H groups in total. The number of fused-ring (bicyclic) bond motifs is 1. The third-order valence-electron chi connectivity index (χ3n) is 5.34. The maximum Gasteiger partial charge on any atom is 0.335 e. The lowest BCUT2D eigenvalue weighted by molar-refractivity contribution is -0.271. The Kier molecular flexibility index (Phi) is 5.82. The van der Waals surface area contributed by atoms with Crippen LogP contribution >= 0.6 is 0 Å². The van der Waals surface area contributed by atoms with Crippen molar-refractivity contribution in [2.45, 2.75) is 30.7 Å². The van der Waals surface area contributed by atoms with Gasteiger partial charge in [-0.2, -0.15) is 0 Å². The quantitative estimate of drug-likeness (QED) is 0.203. The van der Waals surface area contributed by atoms with Crippen LogP contribution in [0.4, 0.5) is 0 Å². The second-order valence-corrected chi connectivity index (χ2v) is 7.61. The van der Waals surface area contributed by atoms with Crippen LogP contribution in [0, 0.1) is 0 Å². The topological polar surface area (TPSA) is 248 Å². The molecule has 1 aliphatic rings. The fourth-order valence-electron chi connectivity index (χ4n) is 3.54. The van der Waals surface area contributed by atoms with Gasteiger partial charge in [0.25, 0.3) is 0 Å². The fraction of sp³-hybridized carbons (Fsp3) is 0.238. The van der Waals surface area contributed by atoms with E-state index in [0.29, 0.717) is 6.07 Å². The van der Waals surface area contributed by atoms with Gasteiger partial charge >= 0.3 is 5.97 Å². The minimum absolute atomic E-state index is 0.121. The lowest BCUT2D eigenvalue weighted by Gasteiger charge is -2.38. The molecule has 5 atom stereocenters. The Morgan fingerprint density at radius 3 is 2.17 bits per heavy atom. The van der Waals surface area contributed by atoms with E-state index in [1.807, 2.05) is 0 Å². The van der Waals surface area contributed by atoms with Gasteiger partial charge in [0.1, 0.15) is 29.4 Å². The SMILES string of the molecule is O=C(O)C1O[C@@H](Oc2c(O)cc(O)c3c(=O)c(O)c(-c4ccc(O)c(O)c4)oc23)[C@@H](O)C(O)[C@@H]1O. The first-order valence-corrected chi connectivity index (χ1v) is 9.78. The van der Waals surface area contributed by atoms with Gasteiger partial charge in [-0.15, -0.1) is 0 Å². The second-order valence-electron chi connectivity index (χ2n) is 7.61. The number of ether oxygens (including phenoxy) is 2. The fourth-order valence-corrected chi connectivity index (χ4v) is 3.54. The van der Waals surface area contributed by atoms with Crippen molar-refractivity contribution in [3.05, 3.63) is 34.5 Å². The number of hydrogen-bond donors (Lipinski definition) is 9. The maximum atomic E-state index is 12.8. The second kappa shape index (κ2) is 8.52. The Hall–Kier alpha value is -4.24. The molecule has 0 aliphatic carbocycles. The molecule has 0 saturated carbocycles. The van der Waals surface area contributed by atoms with Crippen LogP contribution in [0.2, 0.25) is 0 Å². The van der Waals surface area contributed by atoms with E-state index >= 15 is 0 Å². The monoisotopic (exact) mass is 494 g/mol. The Labute approximate surface area is 193 Å². The van der Waals surface area contributed by atoms with Crippen LogP contribution in [0.3, 0.4) is 0 Å². The van der Waals surface area contributed by atoms with Crippen molar-refractivity contribution < 1.29 is 64.6 Å². The predicted octanol–water partition coefficient (Wildman–Crippen LogP) is -0.741. The van der Waals surface area contributed by atoms with E-state index in [2.05, 4.69) is 0 Å². The molecule has 0 radical (unpaired) electrons.